The Hall–Kier alpha value is -1.42. The first-order valence-electron chi connectivity index (χ1n) is 5.17. The van der Waals surface area contributed by atoms with E-state index < -0.39 is 17.9 Å². The Morgan fingerprint density at radius 3 is 2.19 bits per heavy atom. The third-order valence-corrected chi connectivity index (χ3v) is 2.65. The third-order valence-electron chi connectivity index (χ3n) is 2.65. The second-order valence-corrected chi connectivity index (χ2v) is 4.19. The topological polar surface area (TPSA) is 63.3 Å². The first-order valence-corrected chi connectivity index (χ1v) is 5.17. The molecule has 0 aliphatic heterocycles. The molecule has 0 radical (unpaired) electrons. The second-order valence-electron chi connectivity index (χ2n) is 4.19. The summed E-state index contributed by atoms with van der Waals surface area (Å²) >= 11 is 0. The minimum Gasteiger partial charge on any atom is -0.481 e. The van der Waals surface area contributed by atoms with Crippen molar-refractivity contribution in [2.24, 2.45) is 17.6 Å². The highest BCUT2D eigenvalue weighted by molar-refractivity contribution is 5.71. The van der Waals surface area contributed by atoms with Gasteiger partial charge in [-0.3, -0.25) is 4.79 Å². The van der Waals surface area contributed by atoms with Crippen LogP contribution in [0.1, 0.15) is 25.5 Å². The van der Waals surface area contributed by atoms with Crippen molar-refractivity contribution in [2.45, 2.75) is 19.9 Å². The molecule has 0 aliphatic carbocycles. The first-order chi connectivity index (χ1) is 7.43. The Kier molecular flexibility index (Phi) is 4.01. The highest BCUT2D eigenvalue weighted by atomic mass is 19.1. The Labute approximate surface area is 94.1 Å². The lowest BCUT2D eigenvalue weighted by Crippen LogP contribution is -2.32. The molecule has 2 atom stereocenters. The Morgan fingerprint density at radius 2 is 1.81 bits per heavy atom. The molecule has 0 bridgehead atoms. The van der Waals surface area contributed by atoms with Gasteiger partial charge in [-0.05, 0) is 23.6 Å². The second kappa shape index (κ2) is 5.07. The number of hydrogen-bond donors (Lipinski definition) is 2. The number of halogens is 1. The molecular weight excluding hydrogens is 209 g/mol. The van der Waals surface area contributed by atoms with Gasteiger partial charge in [-0.1, -0.05) is 26.0 Å². The zero-order valence-corrected chi connectivity index (χ0v) is 9.35. The fourth-order valence-electron chi connectivity index (χ4n) is 1.75. The third kappa shape index (κ3) is 2.79. The molecule has 2 unspecified atom stereocenters. The Bertz CT molecular complexity index is 362. The lowest BCUT2D eigenvalue weighted by Gasteiger charge is -2.23. The summed E-state index contributed by atoms with van der Waals surface area (Å²) in [7, 11) is 0. The maximum atomic E-state index is 12.7. The lowest BCUT2D eigenvalue weighted by atomic mass is 9.85. The van der Waals surface area contributed by atoms with E-state index in [9.17, 15) is 9.18 Å². The number of rotatable bonds is 4. The number of hydrogen-bond acceptors (Lipinski definition) is 2. The van der Waals surface area contributed by atoms with Gasteiger partial charge in [0.1, 0.15) is 5.82 Å². The van der Waals surface area contributed by atoms with Gasteiger partial charge in [0.25, 0.3) is 0 Å². The maximum Gasteiger partial charge on any atom is 0.308 e. The van der Waals surface area contributed by atoms with Crippen molar-refractivity contribution >= 4 is 5.97 Å². The van der Waals surface area contributed by atoms with Crippen LogP contribution < -0.4 is 5.73 Å². The van der Waals surface area contributed by atoms with E-state index in [1.165, 1.54) is 24.3 Å². The van der Waals surface area contributed by atoms with E-state index in [1.807, 2.05) is 13.8 Å². The normalized spacial score (nSPS) is 14.8. The van der Waals surface area contributed by atoms with E-state index in [2.05, 4.69) is 0 Å². The summed E-state index contributed by atoms with van der Waals surface area (Å²) in [5.41, 5.74) is 6.53. The van der Waals surface area contributed by atoms with Crippen LogP contribution in [0, 0.1) is 17.7 Å². The van der Waals surface area contributed by atoms with Crippen molar-refractivity contribution in [3.05, 3.63) is 35.6 Å². The van der Waals surface area contributed by atoms with Crippen LogP contribution in [0.5, 0.6) is 0 Å². The summed E-state index contributed by atoms with van der Waals surface area (Å²) in [4.78, 5) is 11.1. The van der Waals surface area contributed by atoms with Crippen molar-refractivity contribution < 1.29 is 14.3 Å². The summed E-state index contributed by atoms with van der Waals surface area (Å²) in [5, 5.41) is 9.08. The van der Waals surface area contributed by atoms with Gasteiger partial charge in [0.05, 0.1) is 5.92 Å². The van der Waals surface area contributed by atoms with Gasteiger partial charge in [-0.2, -0.15) is 0 Å². The summed E-state index contributed by atoms with van der Waals surface area (Å²) in [5.74, 6) is -2.01. The zero-order valence-electron chi connectivity index (χ0n) is 9.35. The molecule has 4 heteroatoms. The fraction of sp³-hybridized carbons (Fsp3) is 0.417. The van der Waals surface area contributed by atoms with Crippen molar-refractivity contribution in [1.82, 2.24) is 0 Å². The highest BCUT2D eigenvalue weighted by Gasteiger charge is 2.29. The first kappa shape index (κ1) is 12.6. The molecule has 88 valence electrons. The minimum atomic E-state index is -0.924. The summed E-state index contributed by atoms with van der Waals surface area (Å²) < 4.78 is 12.7. The van der Waals surface area contributed by atoms with Gasteiger partial charge >= 0.3 is 5.97 Å². The molecule has 3 N–H and O–H groups in total. The van der Waals surface area contributed by atoms with Crippen LogP contribution in [0.2, 0.25) is 0 Å². The van der Waals surface area contributed by atoms with Crippen LogP contribution in [0.25, 0.3) is 0 Å². The van der Waals surface area contributed by atoms with Crippen LogP contribution in [0.3, 0.4) is 0 Å². The molecule has 1 rings (SSSR count). The average molecular weight is 225 g/mol. The molecule has 16 heavy (non-hydrogen) atoms. The summed E-state index contributed by atoms with van der Waals surface area (Å²) in [6, 6.07) is 5.01. The Balaban J connectivity index is 2.94. The van der Waals surface area contributed by atoms with E-state index in [-0.39, 0.29) is 11.7 Å². The van der Waals surface area contributed by atoms with E-state index in [1.54, 1.807) is 0 Å². The van der Waals surface area contributed by atoms with Crippen molar-refractivity contribution in [3.63, 3.8) is 0 Å². The maximum absolute atomic E-state index is 12.7. The minimum absolute atomic E-state index is 0.0717. The fourth-order valence-corrected chi connectivity index (χ4v) is 1.75. The summed E-state index contributed by atoms with van der Waals surface area (Å²) in [6.45, 7) is 3.62. The molecule has 0 aliphatic rings. The summed E-state index contributed by atoms with van der Waals surface area (Å²) in [6.07, 6.45) is 0. The number of aliphatic carboxylic acids is 1. The van der Waals surface area contributed by atoms with E-state index in [4.69, 9.17) is 10.8 Å². The molecule has 3 nitrogen and oxygen atoms in total. The van der Waals surface area contributed by atoms with Crippen LogP contribution in [0.4, 0.5) is 4.39 Å². The van der Waals surface area contributed by atoms with Crippen LogP contribution in [-0.2, 0) is 4.79 Å². The lowest BCUT2D eigenvalue weighted by molar-refractivity contribution is -0.144. The average Bonchev–Trinajstić information content (AvgIpc) is 2.17. The van der Waals surface area contributed by atoms with Crippen LogP contribution in [0.15, 0.2) is 24.3 Å². The van der Waals surface area contributed by atoms with Crippen LogP contribution in [-0.4, -0.2) is 11.1 Å². The predicted octanol–water partition coefficient (Wildman–Crippen LogP) is 2.18. The standard InChI is InChI=1S/C12H16FNO2/c1-7(2)10(12(15)16)11(14)8-3-5-9(13)6-4-8/h3-7,10-11H,14H2,1-2H3,(H,15,16). The number of carboxylic acid groups (broad SMARTS) is 1. The van der Waals surface area contributed by atoms with Crippen molar-refractivity contribution in [2.75, 3.05) is 0 Å². The quantitative estimate of drug-likeness (QED) is 0.825. The van der Waals surface area contributed by atoms with Crippen molar-refractivity contribution in [3.8, 4) is 0 Å². The molecule has 0 amide bonds. The molecule has 1 aromatic rings. The smallest absolute Gasteiger partial charge is 0.308 e. The van der Waals surface area contributed by atoms with Gasteiger partial charge in [0, 0.05) is 6.04 Å². The van der Waals surface area contributed by atoms with E-state index >= 15 is 0 Å². The molecule has 1 aromatic carbocycles. The number of nitrogens with two attached hydrogens (primary N) is 1. The number of benzene rings is 1. The van der Waals surface area contributed by atoms with Gasteiger partial charge < -0.3 is 10.8 Å². The predicted molar refractivity (Wildman–Crippen MR) is 59.3 cm³/mol. The molecule has 0 saturated heterocycles. The van der Waals surface area contributed by atoms with Gasteiger partial charge in [0.2, 0.25) is 0 Å². The van der Waals surface area contributed by atoms with Gasteiger partial charge in [-0.25, -0.2) is 4.39 Å². The van der Waals surface area contributed by atoms with Gasteiger partial charge in [-0.15, -0.1) is 0 Å². The largest absolute Gasteiger partial charge is 0.481 e. The number of carboxylic acids is 1. The zero-order chi connectivity index (χ0) is 12.3. The number of carbonyl (C=O) groups is 1. The molecular formula is C12H16FNO2. The molecule has 0 spiro atoms. The van der Waals surface area contributed by atoms with E-state index in [0.717, 1.165) is 0 Å². The molecule has 0 aromatic heterocycles. The Morgan fingerprint density at radius 1 is 1.31 bits per heavy atom. The van der Waals surface area contributed by atoms with Crippen LogP contribution >= 0.6 is 0 Å². The molecule has 0 heterocycles. The van der Waals surface area contributed by atoms with Gasteiger partial charge in [0.15, 0.2) is 0 Å². The molecule has 0 saturated carbocycles. The van der Waals surface area contributed by atoms with E-state index in [0.29, 0.717) is 5.56 Å². The molecule has 0 fully saturated rings. The van der Waals surface area contributed by atoms with Crippen molar-refractivity contribution in [1.29, 1.82) is 0 Å². The highest BCUT2D eigenvalue weighted by Crippen LogP contribution is 2.26. The monoisotopic (exact) mass is 225 g/mol. The SMILES string of the molecule is CC(C)C(C(=O)O)C(N)c1ccc(F)cc1.